The van der Waals surface area contributed by atoms with Crippen LogP contribution in [0.2, 0.25) is 0 Å². The summed E-state index contributed by atoms with van der Waals surface area (Å²) in [5, 5.41) is 4.90. The zero-order chi connectivity index (χ0) is 17.7. The highest BCUT2D eigenvalue weighted by atomic mass is 15.8. The van der Waals surface area contributed by atoms with Gasteiger partial charge < -0.3 is 0 Å². The first-order valence-corrected chi connectivity index (χ1v) is 9.81. The topological polar surface area (TPSA) is 6.02 Å². The van der Waals surface area contributed by atoms with Gasteiger partial charge >= 0.3 is 0 Å². The van der Waals surface area contributed by atoms with E-state index in [9.17, 15) is 0 Å². The van der Waals surface area contributed by atoms with Gasteiger partial charge in [-0.25, -0.2) is 0 Å². The Morgan fingerprint density at radius 1 is 1.08 bits per heavy atom. The predicted molar refractivity (Wildman–Crippen MR) is 108 cm³/mol. The first-order chi connectivity index (χ1) is 12.7. The molecule has 1 fully saturated rings. The molecule has 0 amide bonds. The lowest BCUT2D eigenvalue weighted by molar-refractivity contribution is 0.352. The largest absolute Gasteiger partial charge is 0.287 e. The average molecular weight is 342 g/mol. The summed E-state index contributed by atoms with van der Waals surface area (Å²) in [6.07, 6.45) is 18.3. The standard InChI is InChI=1S/C24H26N2/c1-17-7-5-9-19(13-17)20-10-6-11-21(14-20)23-15-24(26-16-25(23)26)22-12-4-3-8-18(22)2/h3-7,9-12,14-15,17-18,23H,8,13,16H2,1-2H3/t17?,18?,23?,25-,26?/m0/s1. The molecule has 1 aromatic rings. The Labute approximate surface area is 156 Å². The zero-order valence-corrected chi connectivity index (χ0v) is 15.6. The van der Waals surface area contributed by atoms with E-state index in [2.05, 4.69) is 90.7 Å². The van der Waals surface area contributed by atoms with E-state index in [0.29, 0.717) is 17.9 Å². The molecule has 0 aromatic heterocycles. The molecule has 26 heavy (non-hydrogen) atoms. The minimum Gasteiger partial charge on any atom is -0.287 e. The summed E-state index contributed by atoms with van der Waals surface area (Å²) >= 11 is 0. The van der Waals surface area contributed by atoms with Crippen LogP contribution < -0.4 is 0 Å². The van der Waals surface area contributed by atoms with Gasteiger partial charge in [0.2, 0.25) is 0 Å². The second-order valence-corrected chi connectivity index (χ2v) is 8.05. The molecule has 2 heterocycles. The Bertz CT molecular complexity index is 883. The van der Waals surface area contributed by atoms with E-state index in [4.69, 9.17) is 0 Å². The Morgan fingerprint density at radius 2 is 2.00 bits per heavy atom. The Kier molecular flexibility index (Phi) is 3.75. The van der Waals surface area contributed by atoms with Crippen LogP contribution in [0, 0.1) is 11.8 Å². The van der Waals surface area contributed by atoms with Crippen LogP contribution in [0.1, 0.15) is 43.9 Å². The molecule has 0 radical (unpaired) electrons. The highest BCUT2D eigenvalue weighted by molar-refractivity contribution is 5.69. The molecule has 4 aliphatic rings. The van der Waals surface area contributed by atoms with Crippen LogP contribution in [-0.4, -0.2) is 16.7 Å². The maximum atomic E-state index is 2.47. The van der Waals surface area contributed by atoms with Gasteiger partial charge in [0.25, 0.3) is 0 Å². The molecule has 1 aromatic carbocycles. The Hall–Kier alpha value is -2.32. The molecular weight excluding hydrogens is 316 g/mol. The summed E-state index contributed by atoms with van der Waals surface area (Å²) in [5.41, 5.74) is 7.15. The third kappa shape index (κ3) is 2.69. The van der Waals surface area contributed by atoms with Gasteiger partial charge in [-0.1, -0.05) is 68.5 Å². The first kappa shape index (κ1) is 15.9. The maximum Gasteiger partial charge on any atom is 0.106 e. The monoisotopic (exact) mass is 342 g/mol. The smallest absolute Gasteiger partial charge is 0.106 e. The molecule has 0 saturated carbocycles. The van der Waals surface area contributed by atoms with E-state index in [-0.39, 0.29) is 0 Å². The van der Waals surface area contributed by atoms with Gasteiger partial charge in [0, 0.05) is 0 Å². The molecule has 2 heteroatoms. The fraction of sp³-hybridized carbons (Fsp3) is 0.333. The average Bonchev–Trinajstić information content (AvgIpc) is 3.36. The van der Waals surface area contributed by atoms with Crippen LogP contribution in [-0.2, 0) is 0 Å². The molecule has 2 aliphatic heterocycles. The van der Waals surface area contributed by atoms with Crippen LogP contribution in [0.4, 0.5) is 0 Å². The Morgan fingerprint density at radius 3 is 2.85 bits per heavy atom. The third-order valence-electron chi connectivity index (χ3n) is 6.02. The number of allylic oxidation sites excluding steroid dienone is 8. The fourth-order valence-electron chi connectivity index (χ4n) is 4.46. The van der Waals surface area contributed by atoms with E-state index in [1.165, 1.54) is 28.0 Å². The minimum absolute atomic E-state index is 0.376. The van der Waals surface area contributed by atoms with E-state index in [1.54, 1.807) is 0 Å². The van der Waals surface area contributed by atoms with E-state index >= 15 is 0 Å². The summed E-state index contributed by atoms with van der Waals surface area (Å²) in [7, 11) is 0. The lowest BCUT2D eigenvalue weighted by atomic mass is 9.88. The van der Waals surface area contributed by atoms with Gasteiger partial charge in [0.1, 0.15) is 6.67 Å². The summed E-state index contributed by atoms with van der Waals surface area (Å²) < 4.78 is 0. The summed E-state index contributed by atoms with van der Waals surface area (Å²) in [6, 6.07) is 9.54. The summed E-state index contributed by atoms with van der Waals surface area (Å²) in [4.78, 5) is 0. The van der Waals surface area contributed by atoms with Crippen molar-refractivity contribution in [3.05, 3.63) is 89.2 Å². The van der Waals surface area contributed by atoms with Gasteiger partial charge in [-0.15, -0.1) is 0 Å². The van der Waals surface area contributed by atoms with Gasteiger partial charge in [0.05, 0.1) is 11.7 Å². The van der Waals surface area contributed by atoms with Crippen molar-refractivity contribution in [2.45, 2.75) is 32.7 Å². The highest BCUT2D eigenvalue weighted by Gasteiger charge is 2.46. The molecule has 132 valence electrons. The molecular formula is C24H26N2. The summed E-state index contributed by atoms with van der Waals surface area (Å²) in [5.74, 6) is 1.24. The maximum absolute atomic E-state index is 2.47. The van der Waals surface area contributed by atoms with Gasteiger partial charge in [-0.3, -0.25) is 5.01 Å². The van der Waals surface area contributed by atoms with E-state index in [1.807, 2.05) is 0 Å². The number of hydrogen-bond acceptors (Lipinski definition) is 2. The number of hydrogen-bond donors (Lipinski definition) is 0. The molecule has 0 spiro atoms. The molecule has 2 nitrogen and oxygen atoms in total. The fourth-order valence-corrected chi connectivity index (χ4v) is 4.46. The van der Waals surface area contributed by atoms with Gasteiger partial charge in [-0.2, -0.15) is 5.01 Å². The second-order valence-electron chi connectivity index (χ2n) is 8.05. The van der Waals surface area contributed by atoms with Crippen molar-refractivity contribution in [3.63, 3.8) is 0 Å². The quantitative estimate of drug-likeness (QED) is 0.658. The van der Waals surface area contributed by atoms with Crippen molar-refractivity contribution in [1.82, 2.24) is 10.0 Å². The SMILES string of the molecule is CC1C=CC=C(c2cccc(C3C=C(C4=CC=CCC4C)N4C[N@@]34)c2)C1. The van der Waals surface area contributed by atoms with Crippen molar-refractivity contribution < 1.29 is 0 Å². The number of benzene rings is 1. The minimum atomic E-state index is 0.376. The van der Waals surface area contributed by atoms with Gasteiger partial charge in [0.15, 0.2) is 0 Å². The Balaban J connectivity index is 1.45. The molecule has 2 aliphatic carbocycles. The summed E-state index contributed by atoms with van der Waals surface area (Å²) in [6.45, 7) is 5.68. The van der Waals surface area contributed by atoms with Crippen molar-refractivity contribution in [1.29, 1.82) is 0 Å². The first-order valence-electron chi connectivity index (χ1n) is 9.81. The van der Waals surface area contributed by atoms with Crippen LogP contribution >= 0.6 is 0 Å². The molecule has 1 saturated heterocycles. The number of fused-ring (bicyclic) bond motifs is 1. The normalized spacial score (nSPS) is 32.1. The highest BCUT2D eigenvalue weighted by Crippen LogP contribution is 2.47. The molecule has 3 unspecified atom stereocenters. The molecule has 0 bridgehead atoms. The van der Waals surface area contributed by atoms with E-state index in [0.717, 1.165) is 19.5 Å². The van der Waals surface area contributed by atoms with Crippen molar-refractivity contribution in [3.8, 4) is 0 Å². The second kappa shape index (κ2) is 6.14. The third-order valence-corrected chi connectivity index (χ3v) is 6.02. The number of nitrogens with zero attached hydrogens (tertiary/aromatic N) is 2. The van der Waals surface area contributed by atoms with Gasteiger partial charge in [-0.05, 0) is 59.1 Å². The van der Waals surface area contributed by atoms with Crippen LogP contribution in [0.5, 0.6) is 0 Å². The number of rotatable bonds is 3. The van der Waals surface area contributed by atoms with Crippen molar-refractivity contribution in [2.24, 2.45) is 11.8 Å². The predicted octanol–water partition coefficient (Wildman–Crippen LogP) is 5.62. The van der Waals surface area contributed by atoms with Crippen molar-refractivity contribution >= 4 is 5.57 Å². The van der Waals surface area contributed by atoms with Crippen molar-refractivity contribution in [2.75, 3.05) is 6.67 Å². The van der Waals surface area contributed by atoms with Crippen LogP contribution in [0.15, 0.2) is 78.1 Å². The molecule has 0 N–H and O–H groups in total. The lowest BCUT2D eigenvalue weighted by Crippen LogP contribution is -2.09. The lowest BCUT2D eigenvalue weighted by Gasteiger charge is -2.19. The number of hydrazine groups is 1. The molecule has 5 rings (SSSR count). The zero-order valence-electron chi connectivity index (χ0n) is 15.6. The van der Waals surface area contributed by atoms with E-state index < -0.39 is 0 Å². The molecule has 4 atom stereocenters. The van der Waals surface area contributed by atoms with Crippen LogP contribution in [0.25, 0.3) is 5.57 Å². The van der Waals surface area contributed by atoms with Crippen LogP contribution in [0.3, 0.4) is 0 Å².